The van der Waals surface area contributed by atoms with E-state index in [1.165, 1.54) is 12.1 Å². The number of rotatable bonds is 4. The molecule has 1 aliphatic rings. The summed E-state index contributed by atoms with van der Waals surface area (Å²) in [7, 11) is 0. The molecular formula is C20H21F3N2. The Balaban J connectivity index is 1.65. The van der Waals surface area contributed by atoms with Gasteiger partial charge < -0.3 is 0 Å². The summed E-state index contributed by atoms with van der Waals surface area (Å²) in [6.45, 7) is 4.64. The second kappa shape index (κ2) is 7.40. The Hall–Kier alpha value is -2.14. The van der Waals surface area contributed by atoms with E-state index < -0.39 is 11.7 Å². The molecule has 0 saturated heterocycles. The van der Waals surface area contributed by atoms with Crippen LogP contribution in [0.4, 0.5) is 13.2 Å². The van der Waals surface area contributed by atoms with Crippen LogP contribution < -0.4 is 0 Å². The Kier molecular flexibility index (Phi) is 5.23. The van der Waals surface area contributed by atoms with E-state index in [0.29, 0.717) is 11.5 Å². The smallest absolute Gasteiger partial charge is 0.299 e. The number of hydrogen-bond donors (Lipinski definition) is 0. The minimum absolute atomic E-state index is 0.324. The van der Waals surface area contributed by atoms with Crippen LogP contribution in [-0.4, -0.2) is 29.5 Å². The average Bonchev–Trinajstić information content (AvgIpc) is 2.62. The molecule has 2 aromatic rings. The van der Waals surface area contributed by atoms with E-state index in [1.807, 2.05) is 24.3 Å². The van der Waals surface area contributed by atoms with Gasteiger partial charge in [0.25, 0.3) is 0 Å². The van der Waals surface area contributed by atoms with Crippen LogP contribution in [0.15, 0.2) is 54.7 Å². The maximum atomic E-state index is 12.9. The monoisotopic (exact) mass is 346 g/mol. The van der Waals surface area contributed by atoms with E-state index in [0.717, 1.165) is 43.4 Å². The van der Waals surface area contributed by atoms with Gasteiger partial charge in [0.15, 0.2) is 0 Å². The Morgan fingerprint density at radius 3 is 2.64 bits per heavy atom. The SMILES string of the molecule is CC(CN1CC=C(c2cccc(C(F)(F)F)c2)CC1)c1ccccn1. The quantitative estimate of drug-likeness (QED) is 0.775. The molecule has 1 unspecified atom stereocenters. The predicted octanol–water partition coefficient (Wildman–Crippen LogP) is 4.99. The molecule has 1 aromatic heterocycles. The topological polar surface area (TPSA) is 16.1 Å². The molecule has 1 atom stereocenters. The fraction of sp³-hybridized carbons (Fsp3) is 0.350. The molecule has 0 radical (unpaired) electrons. The van der Waals surface area contributed by atoms with Crippen LogP contribution in [0.5, 0.6) is 0 Å². The third-order valence-corrected chi connectivity index (χ3v) is 4.58. The molecule has 0 aliphatic carbocycles. The maximum absolute atomic E-state index is 12.9. The van der Waals surface area contributed by atoms with Crippen molar-refractivity contribution in [3.8, 4) is 0 Å². The third-order valence-electron chi connectivity index (χ3n) is 4.58. The van der Waals surface area contributed by atoms with Crippen LogP contribution in [0.3, 0.4) is 0 Å². The van der Waals surface area contributed by atoms with E-state index in [9.17, 15) is 13.2 Å². The van der Waals surface area contributed by atoms with E-state index in [4.69, 9.17) is 0 Å². The molecule has 132 valence electrons. The molecule has 0 spiro atoms. The van der Waals surface area contributed by atoms with Crippen molar-refractivity contribution < 1.29 is 13.2 Å². The van der Waals surface area contributed by atoms with Crippen LogP contribution in [0.25, 0.3) is 5.57 Å². The Morgan fingerprint density at radius 1 is 1.16 bits per heavy atom. The van der Waals surface area contributed by atoms with Crippen molar-refractivity contribution in [3.05, 3.63) is 71.6 Å². The highest BCUT2D eigenvalue weighted by atomic mass is 19.4. The van der Waals surface area contributed by atoms with Gasteiger partial charge in [-0.3, -0.25) is 9.88 Å². The van der Waals surface area contributed by atoms with Gasteiger partial charge in [0.1, 0.15) is 0 Å². The number of pyridine rings is 1. The Labute approximate surface area is 146 Å². The Morgan fingerprint density at radius 2 is 2.00 bits per heavy atom. The molecule has 5 heteroatoms. The first-order valence-electron chi connectivity index (χ1n) is 8.43. The third kappa shape index (κ3) is 4.48. The molecule has 2 heterocycles. The van der Waals surface area contributed by atoms with Crippen molar-refractivity contribution in [3.63, 3.8) is 0 Å². The first-order chi connectivity index (χ1) is 11.9. The predicted molar refractivity (Wildman–Crippen MR) is 93.1 cm³/mol. The van der Waals surface area contributed by atoms with Gasteiger partial charge in [-0.25, -0.2) is 0 Å². The summed E-state index contributed by atoms with van der Waals surface area (Å²) >= 11 is 0. The van der Waals surface area contributed by atoms with Crippen molar-refractivity contribution in [1.82, 2.24) is 9.88 Å². The summed E-state index contributed by atoms with van der Waals surface area (Å²) in [4.78, 5) is 6.71. The average molecular weight is 346 g/mol. The van der Waals surface area contributed by atoms with Gasteiger partial charge >= 0.3 is 6.18 Å². The van der Waals surface area contributed by atoms with Gasteiger partial charge in [-0.05, 0) is 41.8 Å². The number of benzene rings is 1. The van der Waals surface area contributed by atoms with Crippen LogP contribution in [0.1, 0.15) is 36.1 Å². The lowest BCUT2D eigenvalue weighted by atomic mass is 9.97. The molecule has 3 rings (SSSR count). The van der Waals surface area contributed by atoms with E-state index in [1.54, 1.807) is 12.3 Å². The van der Waals surface area contributed by atoms with Gasteiger partial charge in [0.2, 0.25) is 0 Å². The highest BCUT2D eigenvalue weighted by Crippen LogP contribution is 2.32. The lowest BCUT2D eigenvalue weighted by molar-refractivity contribution is -0.137. The zero-order valence-corrected chi connectivity index (χ0v) is 14.1. The largest absolute Gasteiger partial charge is 0.416 e. The van der Waals surface area contributed by atoms with Crippen molar-refractivity contribution in [2.24, 2.45) is 0 Å². The van der Waals surface area contributed by atoms with Crippen LogP contribution in [0, 0.1) is 0 Å². The summed E-state index contributed by atoms with van der Waals surface area (Å²) in [6, 6.07) is 11.5. The van der Waals surface area contributed by atoms with Crippen molar-refractivity contribution in [1.29, 1.82) is 0 Å². The van der Waals surface area contributed by atoms with Gasteiger partial charge in [0, 0.05) is 37.4 Å². The number of nitrogens with zero attached hydrogens (tertiary/aromatic N) is 2. The van der Waals surface area contributed by atoms with Crippen molar-refractivity contribution >= 4 is 5.57 Å². The van der Waals surface area contributed by atoms with E-state index in [-0.39, 0.29) is 0 Å². The number of aromatic nitrogens is 1. The fourth-order valence-electron chi connectivity index (χ4n) is 3.18. The van der Waals surface area contributed by atoms with E-state index in [2.05, 4.69) is 16.8 Å². The first-order valence-corrected chi connectivity index (χ1v) is 8.43. The lowest BCUT2D eigenvalue weighted by Crippen LogP contribution is -2.32. The molecule has 2 nitrogen and oxygen atoms in total. The summed E-state index contributed by atoms with van der Waals surface area (Å²) in [5.74, 6) is 0.324. The molecular weight excluding hydrogens is 325 g/mol. The van der Waals surface area contributed by atoms with Crippen LogP contribution in [-0.2, 0) is 6.18 Å². The highest BCUT2D eigenvalue weighted by molar-refractivity contribution is 5.67. The van der Waals surface area contributed by atoms with Gasteiger partial charge in [-0.2, -0.15) is 13.2 Å². The molecule has 1 aromatic carbocycles. The fourth-order valence-corrected chi connectivity index (χ4v) is 3.18. The lowest BCUT2D eigenvalue weighted by Gasteiger charge is -2.29. The number of hydrogen-bond acceptors (Lipinski definition) is 2. The highest BCUT2D eigenvalue weighted by Gasteiger charge is 2.30. The molecule has 0 bridgehead atoms. The summed E-state index contributed by atoms with van der Waals surface area (Å²) in [5, 5.41) is 0. The zero-order chi connectivity index (χ0) is 17.9. The van der Waals surface area contributed by atoms with Gasteiger partial charge in [-0.15, -0.1) is 0 Å². The maximum Gasteiger partial charge on any atom is 0.416 e. The zero-order valence-electron chi connectivity index (χ0n) is 14.1. The van der Waals surface area contributed by atoms with E-state index >= 15 is 0 Å². The molecule has 1 aliphatic heterocycles. The van der Waals surface area contributed by atoms with Crippen LogP contribution in [0.2, 0.25) is 0 Å². The second-order valence-electron chi connectivity index (χ2n) is 6.47. The number of halogens is 3. The minimum Gasteiger partial charge on any atom is -0.299 e. The van der Waals surface area contributed by atoms with Crippen molar-refractivity contribution in [2.75, 3.05) is 19.6 Å². The molecule has 0 N–H and O–H groups in total. The van der Waals surface area contributed by atoms with Crippen molar-refractivity contribution in [2.45, 2.75) is 25.4 Å². The molecule has 0 saturated carbocycles. The van der Waals surface area contributed by atoms with Gasteiger partial charge in [0.05, 0.1) is 5.56 Å². The minimum atomic E-state index is -4.30. The first kappa shape index (κ1) is 17.7. The van der Waals surface area contributed by atoms with Crippen LogP contribution >= 0.6 is 0 Å². The summed E-state index contributed by atoms with van der Waals surface area (Å²) in [6.07, 6.45) is 0.309. The Bertz CT molecular complexity index is 738. The summed E-state index contributed by atoms with van der Waals surface area (Å²) in [5.41, 5.74) is 2.15. The second-order valence-corrected chi connectivity index (χ2v) is 6.47. The molecule has 0 fully saturated rings. The summed E-state index contributed by atoms with van der Waals surface area (Å²) < 4.78 is 38.6. The standard InChI is InChI=1S/C20H21F3N2/c1-15(19-7-2-3-10-24-19)14-25-11-8-16(9-12-25)17-5-4-6-18(13-17)20(21,22)23/h2-8,10,13,15H,9,11-12,14H2,1H3. The molecule has 0 amide bonds. The number of alkyl halides is 3. The molecule has 25 heavy (non-hydrogen) atoms. The normalized spacial score (nSPS) is 17.2. The van der Waals surface area contributed by atoms with Gasteiger partial charge in [-0.1, -0.05) is 31.2 Å².